The Labute approximate surface area is 124 Å². The third-order valence-corrected chi connectivity index (χ3v) is 3.80. The van der Waals surface area contributed by atoms with Gasteiger partial charge in [-0.25, -0.2) is 4.39 Å². The first-order valence-electron chi connectivity index (χ1n) is 7.40. The third kappa shape index (κ3) is 4.28. The maximum absolute atomic E-state index is 13.1. The van der Waals surface area contributed by atoms with Crippen molar-refractivity contribution in [1.82, 2.24) is 9.80 Å². The van der Waals surface area contributed by atoms with E-state index in [0.29, 0.717) is 45.4 Å². The van der Waals surface area contributed by atoms with E-state index < -0.39 is 0 Å². The zero-order valence-corrected chi connectivity index (χ0v) is 12.3. The van der Waals surface area contributed by atoms with E-state index in [4.69, 9.17) is 0 Å². The lowest BCUT2D eigenvalue weighted by Crippen LogP contribution is -2.50. The van der Waals surface area contributed by atoms with E-state index in [9.17, 15) is 14.0 Å². The van der Waals surface area contributed by atoms with Crippen LogP contribution in [0.3, 0.4) is 0 Å². The van der Waals surface area contributed by atoms with Gasteiger partial charge >= 0.3 is 0 Å². The average molecular weight is 292 g/mol. The fourth-order valence-corrected chi connectivity index (χ4v) is 2.53. The van der Waals surface area contributed by atoms with Gasteiger partial charge in [-0.2, -0.15) is 0 Å². The largest absolute Gasteiger partial charge is 0.339 e. The highest BCUT2D eigenvalue weighted by atomic mass is 19.1. The van der Waals surface area contributed by atoms with Crippen LogP contribution in [0.2, 0.25) is 0 Å². The van der Waals surface area contributed by atoms with E-state index >= 15 is 0 Å². The number of halogens is 1. The van der Waals surface area contributed by atoms with Crippen LogP contribution in [0.25, 0.3) is 0 Å². The molecule has 0 radical (unpaired) electrons. The van der Waals surface area contributed by atoms with E-state index in [-0.39, 0.29) is 17.6 Å². The number of carbonyl (C=O) groups excluding carboxylic acids is 2. The van der Waals surface area contributed by atoms with Gasteiger partial charge in [0, 0.05) is 39.0 Å². The number of hydrogen-bond donors (Lipinski definition) is 0. The Morgan fingerprint density at radius 3 is 2.29 bits per heavy atom. The number of amides is 2. The van der Waals surface area contributed by atoms with Crippen molar-refractivity contribution in [3.05, 3.63) is 35.6 Å². The normalized spacial score (nSPS) is 15.1. The first-order chi connectivity index (χ1) is 10.1. The molecule has 1 aromatic carbocycles. The molecule has 21 heavy (non-hydrogen) atoms. The molecule has 5 heteroatoms. The quantitative estimate of drug-likeness (QED) is 0.849. The number of piperazine rings is 1. The maximum atomic E-state index is 13.1. The van der Waals surface area contributed by atoms with E-state index in [0.717, 1.165) is 5.56 Å². The summed E-state index contributed by atoms with van der Waals surface area (Å²) in [5, 5.41) is 0. The lowest BCUT2D eigenvalue weighted by molar-refractivity contribution is -0.139. The first kappa shape index (κ1) is 15.5. The molecule has 0 aliphatic carbocycles. The molecule has 2 amide bonds. The summed E-state index contributed by atoms with van der Waals surface area (Å²) in [7, 11) is 0. The summed E-state index contributed by atoms with van der Waals surface area (Å²) < 4.78 is 13.1. The zero-order chi connectivity index (χ0) is 15.2. The lowest BCUT2D eigenvalue weighted by Gasteiger charge is -2.34. The van der Waals surface area contributed by atoms with Crippen LogP contribution in [0.15, 0.2) is 24.3 Å². The van der Waals surface area contributed by atoms with Gasteiger partial charge in [-0.3, -0.25) is 9.59 Å². The molecule has 0 bridgehead atoms. The van der Waals surface area contributed by atoms with E-state index in [2.05, 4.69) is 0 Å². The molecule has 1 aliphatic rings. The molecule has 0 aromatic heterocycles. The topological polar surface area (TPSA) is 40.6 Å². The van der Waals surface area contributed by atoms with Crippen molar-refractivity contribution < 1.29 is 14.0 Å². The van der Waals surface area contributed by atoms with Gasteiger partial charge in [0.1, 0.15) is 5.82 Å². The molecule has 114 valence electrons. The van der Waals surface area contributed by atoms with Crippen molar-refractivity contribution in [2.75, 3.05) is 26.2 Å². The lowest BCUT2D eigenvalue weighted by atomic mass is 10.1. The van der Waals surface area contributed by atoms with Crippen molar-refractivity contribution >= 4 is 11.8 Å². The summed E-state index contributed by atoms with van der Waals surface area (Å²) in [6.07, 6.45) is 1.43. The highest BCUT2D eigenvalue weighted by Crippen LogP contribution is 2.10. The number of benzene rings is 1. The van der Waals surface area contributed by atoms with Gasteiger partial charge in [-0.05, 0) is 24.1 Å². The molecule has 1 aliphatic heterocycles. The zero-order valence-electron chi connectivity index (χ0n) is 12.3. The van der Waals surface area contributed by atoms with Crippen LogP contribution in [0.1, 0.15) is 25.3 Å². The van der Waals surface area contributed by atoms with Gasteiger partial charge < -0.3 is 9.80 Å². The molecule has 0 spiro atoms. The van der Waals surface area contributed by atoms with Crippen molar-refractivity contribution in [2.45, 2.75) is 26.2 Å². The molecule has 0 unspecified atom stereocenters. The van der Waals surface area contributed by atoms with Crippen LogP contribution in [-0.2, 0) is 16.0 Å². The average Bonchev–Trinajstić information content (AvgIpc) is 2.52. The predicted molar refractivity (Wildman–Crippen MR) is 78.2 cm³/mol. The fourth-order valence-electron chi connectivity index (χ4n) is 2.53. The summed E-state index contributed by atoms with van der Waals surface area (Å²) in [6, 6.07) is 6.35. The Bertz CT molecular complexity index is 511. The molecular weight excluding hydrogens is 271 g/mol. The number of hydrogen-bond acceptors (Lipinski definition) is 2. The summed E-state index contributed by atoms with van der Waals surface area (Å²) in [4.78, 5) is 27.3. The smallest absolute Gasteiger partial charge is 0.223 e. The Hall–Kier alpha value is -1.91. The third-order valence-electron chi connectivity index (χ3n) is 3.80. The van der Waals surface area contributed by atoms with Crippen molar-refractivity contribution in [2.24, 2.45) is 0 Å². The number of rotatable bonds is 4. The van der Waals surface area contributed by atoms with Gasteiger partial charge in [-0.15, -0.1) is 0 Å². The SMILES string of the molecule is CCC(=O)N1CCN(C(=O)CCc2cccc(F)c2)CC1. The summed E-state index contributed by atoms with van der Waals surface area (Å²) in [5.74, 6) is -0.0589. The summed E-state index contributed by atoms with van der Waals surface area (Å²) >= 11 is 0. The van der Waals surface area contributed by atoms with Crippen LogP contribution in [0, 0.1) is 5.82 Å². The molecule has 1 aromatic rings. The minimum Gasteiger partial charge on any atom is -0.339 e. The van der Waals surface area contributed by atoms with Gasteiger partial charge in [0.15, 0.2) is 0 Å². The highest BCUT2D eigenvalue weighted by molar-refractivity contribution is 5.78. The summed E-state index contributed by atoms with van der Waals surface area (Å²) in [5.41, 5.74) is 0.836. The molecule has 0 saturated carbocycles. The predicted octanol–water partition coefficient (Wildman–Crippen LogP) is 1.84. The molecular formula is C16H21FN2O2. The highest BCUT2D eigenvalue weighted by Gasteiger charge is 2.22. The van der Waals surface area contributed by atoms with Crippen molar-refractivity contribution in [3.8, 4) is 0 Å². The number of aryl methyl sites for hydroxylation is 1. The van der Waals surface area contributed by atoms with Crippen molar-refractivity contribution in [1.29, 1.82) is 0 Å². The van der Waals surface area contributed by atoms with Crippen molar-refractivity contribution in [3.63, 3.8) is 0 Å². The number of carbonyl (C=O) groups is 2. The second-order valence-electron chi connectivity index (χ2n) is 5.25. The fraction of sp³-hybridized carbons (Fsp3) is 0.500. The van der Waals surface area contributed by atoms with Crippen LogP contribution < -0.4 is 0 Å². The van der Waals surface area contributed by atoms with Crippen LogP contribution in [-0.4, -0.2) is 47.8 Å². The first-order valence-corrected chi connectivity index (χ1v) is 7.40. The summed E-state index contributed by atoms with van der Waals surface area (Å²) in [6.45, 7) is 4.25. The molecule has 4 nitrogen and oxygen atoms in total. The second-order valence-corrected chi connectivity index (χ2v) is 5.25. The Balaban J connectivity index is 1.78. The minimum atomic E-state index is -0.272. The Morgan fingerprint density at radius 1 is 1.10 bits per heavy atom. The molecule has 0 N–H and O–H groups in total. The van der Waals surface area contributed by atoms with E-state index in [1.165, 1.54) is 12.1 Å². The van der Waals surface area contributed by atoms with E-state index in [1.54, 1.807) is 15.9 Å². The molecule has 1 heterocycles. The second kappa shape index (κ2) is 7.20. The minimum absolute atomic E-state index is 0.0721. The Morgan fingerprint density at radius 2 is 1.71 bits per heavy atom. The number of nitrogens with zero attached hydrogens (tertiary/aromatic N) is 2. The van der Waals surface area contributed by atoms with Crippen LogP contribution in [0.4, 0.5) is 4.39 Å². The van der Waals surface area contributed by atoms with E-state index in [1.807, 2.05) is 13.0 Å². The molecule has 1 fully saturated rings. The Kier molecular flexibility index (Phi) is 5.31. The van der Waals surface area contributed by atoms with Crippen LogP contribution in [0.5, 0.6) is 0 Å². The van der Waals surface area contributed by atoms with Crippen LogP contribution >= 0.6 is 0 Å². The van der Waals surface area contributed by atoms with Gasteiger partial charge in [0.2, 0.25) is 11.8 Å². The standard InChI is InChI=1S/C16H21FN2O2/c1-2-15(20)18-8-10-19(11-9-18)16(21)7-6-13-4-3-5-14(17)12-13/h3-5,12H,2,6-11H2,1H3. The molecule has 1 saturated heterocycles. The van der Waals surface area contributed by atoms with Gasteiger partial charge in [0.05, 0.1) is 0 Å². The van der Waals surface area contributed by atoms with Gasteiger partial charge in [-0.1, -0.05) is 19.1 Å². The molecule has 2 rings (SSSR count). The van der Waals surface area contributed by atoms with Gasteiger partial charge in [0.25, 0.3) is 0 Å². The molecule has 0 atom stereocenters. The monoisotopic (exact) mass is 292 g/mol. The maximum Gasteiger partial charge on any atom is 0.223 e.